The second kappa shape index (κ2) is 9.67. The van der Waals surface area contributed by atoms with Gasteiger partial charge >= 0.3 is 0 Å². The Bertz CT molecular complexity index is 1070. The van der Waals surface area contributed by atoms with Crippen molar-refractivity contribution in [2.75, 3.05) is 13.1 Å². The molecule has 2 aromatic carbocycles. The molecule has 1 aliphatic rings. The Kier molecular flexibility index (Phi) is 6.72. The van der Waals surface area contributed by atoms with Gasteiger partial charge in [-0.15, -0.1) is 11.3 Å². The molecule has 0 atom stereocenters. The molecule has 4 rings (SSSR count). The normalized spacial score (nSPS) is 13.9. The average molecular weight is 448 g/mol. The maximum Gasteiger partial charge on any atom is 0.261 e. The van der Waals surface area contributed by atoms with Crippen molar-refractivity contribution in [3.8, 4) is 0 Å². The first-order chi connectivity index (χ1) is 15.4. The third-order valence-electron chi connectivity index (χ3n) is 6.08. The van der Waals surface area contributed by atoms with E-state index in [-0.39, 0.29) is 17.4 Å². The van der Waals surface area contributed by atoms with Crippen molar-refractivity contribution in [2.24, 2.45) is 0 Å². The largest absolute Gasteiger partial charge is 0.350 e. The van der Waals surface area contributed by atoms with Crippen LogP contribution in [0.3, 0.4) is 0 Å². The van der Waals surface area contributed by atoms with Crippen LogP contribution in [0, 0.1) is 0 Å². The van der Waals surface area contributed by atoms with Crippen LogP contribution in [0.5, 0.6) is 0 Å². The predicted molar refractivity (Wildman–Crippen MR) is 129 cm³/mol. The van der Waals surface area contributed by atoms with E-state index in [2.05, 4.69) is 53.6 Å². The van der Waals surface area contributed by atoms with Gasteiger partial charge in [-0.05, 0) is 60.5 Å². The summed E-state index contributed by atoms with van der Waals surface area (Å²) in [5.41, 5.74) is 4.24. The van der Waals surface area contributed by atoms with Gasteiger partial charge in [-0.3, -0.25) is 14.5 Å². The van der Waals surface area contributed by atoms with E-state index in [9.17, 15) is 9.59 Å². The number of hydrogen-bond donors (Lipinski definition) is 2. The van der Waals surface area contributed by atoms with Crippen LogP contribution in [0.2, 0.25) is 0 Å². The fourth-order valence-electron chi connectivity index (χ4n) is 3.97. The topological polar surface area (TPSA) is 61.4 Å². The monoisotopic (exact) mass is 447 g/mol. The fraction of sp³-hybridized carbons (Fsp3) is 0.308. The molecule has 0 fully saturated rings. The molecule has 0 saturated heterocycles. The summed E-state index contributed by atoms with van der Waals surface area (Å²) in [4.78, 5) is 27.9. The number of carbonyl (C=O) groups excluding carboxylic acids is 2. The number of carbonyl (C=O) groups is 2. The SMILES string of the molecule is CC(C)(CNC(=O)c1ccc(CNC(=O)c2cccs2)cc1)N1CCc2ccccc2C1. The van der Waals surface area contributed by atoms with E-state index < -0.39 is 0 Å². The van der Waals surface area contributed by atoms with Crippen molar-refractivity contribution >= 4 is 23.2 Å². The van der Waals surface area contributed by atoms with Gasteiger partial charge in [0.2, 0.25) is 0 Å². The van der Waals surface area contributed by atoms with Gasteiger partial charge in [-0.2, -0.15) is 0 Å². The Morgan fingerprint density at radius 2 is 1.69 bits per heavy atom. The maximum atomic E-state index is 12.7. The van der Waals surface area contributed by atoms with E-state index in [1.54, 1.807) is 6.07 Å². The number of amides is 2. The molecule has 2 amide bonds. The van der Waals surface area contributed by atoms with Crippen LogP contribution in [0.1, 0.15) is 50.6 Å². The van der Waals surface area contributed by atoms with Crippen molar-refractivity contribution in [1.82, 2.24) is 15.5 Å². The molecule has 0 bridgehead atoms. The van der Waals surface area contributed by atoms with E-state index in [0.29, 0.717) is 23.5 Å². The zero-order valence-electron chi connectivity index (χ0n) is 18.6. The molecule has 2 N–H and O–H groups in total. The molecule has 0 spiro atoms. The standard InChI is InChI=1S/C26H29N3O2S/c1-26(2,29-14-13-20-6-3-4-7-22(20)17-29)18-28-24(30)21-11-9-19(10-12-21)16-27-25(31)23-8-5-15-32-23/h3-12,15H,13-14,16-18H2,1-2H3,(H,27,31)(H,28,30). The predicted octanol–water partition coefficient (Wildman–Crippen LogP) is 4.24. The van der Waals surface area contributed by atoms with Gasteiger partial charge in [0, 0.05) is 37.3 Å². The molecule has 0 saturated carbocycles. The number of nitrogens with one attached hydrogen (secondary N) is 2. The zero-order chi connectivity index (χ0) is 22.6. The summed E-state index contributed by atoms with van der Waals surface area (Å²) in [6, 6.07) is 19.7. The highest BCUT2D eigenvalue weighted by molar-refractivity contribution is 7.12. The van der Waals surface area contributed by atoms with Gasteiger partial charge in [0.15, 0.2) is 0 Å². The zero-order valence-corrected chi connectivity index (χ0v) is 19.4. The number of thiophene rings is 1. The van der Waals surface area contributed by atoms with Crippen LogP contribution in [0.4, 0.5) is 0 Å². The van der Waals surface area contributed by atoms with Gasteiger partial charge in [0.05, 0.1) is 4.88 Å². The number of hydrogen-bond acceptors (Lipinski definition) is 4. The molecule has 1 aliphatic heterocycles. The molecule has 3 aromatic rings. The van der Waals surface area contributed by atoms with Crippen LogP contribution in [0.25, 0.3) is 0 Å². The molecule has 32 heavy (non-hydrogen) atoms. The van der Waals surface area contributed by atoms with Gasteiger partial charge in [0.25, 0.3) is 11.8 Å². The number of fused-ring (bicyclic) bond motifs is 1. The average Bonchev–Trinajstić information content (AvgIpc) is 3.36. The van der Waals surface area contributed by atoms with Crippen LogP contribution in [-0.4, -0.2) is 35.3 Å². The quantitative estimate of drug-likeness (QED) is 0.569. The summed E-state index contributed by atoms with van der Waals surface area (Å²) in [5, 5.41) is 7.89. The van der Waals surface area contributed by atoms with E-state index in [1.165, 1.54) is 22.5 Å². The Morgan fingerprint density at radius 1 is 0.938 bits per heavy atom. The van der Waals surface area contributed by atoms with Crippen LogP contribution >= 0.6 is 11.3 Å². The highest BCUT2D eigenvalue weighted by atomic mass is 32.1. The minimum atomic E-state index is -0.144. The molecule has 5 nitrogen and oxygen atoms in total. The second-order valence-corrected chi connectivity index (χ2v) is 9.74. The molecule has 166 valence electrons. The Balaban J connectivity index is 1.28. The highest BCUT2D eigenvalue weighted by Gasteiger charge is 2.30. The molecule has 2 heterocycles. The van der Waals surface area contributed by atoms with E-state index in [0.717, 1.165) is 25.1 Å². The minimum absolute atomic E-state index is 0.0790. The van der Waals surface area contributed by atoms with Gasteiger partial charge in [0.1, 0.15) is 0 Å². The Labute approximate surface area is 193 Å². The summed E-state index contributed by atoms with van der Waals surface area (Å²) >= 11 is 1.42. The summed E-state index contributed by atoms with van der Waals surface area (Å²) in [6.45, 7) is 7.27. The lowest BCUT2D eigenvalue weighted by atomic mass is 9.94. The minimum Gasteiger partial charge on any atom is -0.350 e. The van der Waals surface area contributed by atoms with Gasteiger partial charge in [-0.1, -0.05) is 42.5 Å². The second-order valence-electron chi connectivity index (χ2n) is 8.79. The van der Waals surface area contributed by atoms with E-state index in [4.69, 9.17) is 0 Å². The van der Waals surface area contributed by atoms with E-state index in [1.807, 2.05) is 35.7 Å². The first-order valence-corrected chi connectivity index (χ1v) is 11.8. The number of benzene rings is 2. The Hall–Kier alpha value is -2.96. The summed E-state index contributed by atoms with van der Waals surface area (Å²) < 4.78 is 0. The lowest BCUT2D eigenvalue weighted by Gasteiger charge is -2.41. The van der Waals surface area contributed by atoms with Gasteiger partial charge < -0.3 is 10.6 Å². The molecule has 0 radical (unpaired) electrons. The lowest BCUT2D eigenvalue weighted by Crippen LogP contribution is -2.53. The van der Waals surface area contributed by atoms with E-state index >= 15 is 0 Å². The van der Waals surface area contributed by atoms with Crippen molar-refractivity contribution in [1.29, 1.82) is 0 Å². The van der Waals surface area contributed by atoms with Crippen molar-refractivity contribution in [2.45, 2.75) is 38.9 Å². The number of nitrogens with zero attached hydrogens (tertiary/aromatic N) is 1. The smallest absolute Gasteiger partial charge is 0.261 e. The van der Waals surface area contributed by atoms with Crippen molar-refractivity contribution < 1.29 is 9.59 Å². The van der Waals surface area contributed by atoms with Crippen LogP contribution < -0.4 is 10.6 Å². The highest BCUT2D eigenvalue weighted by Crippen LogP contribution is 2.25. The number of rotatable bonds is 7. The molecular formula is C26H29N3O2S. The molecule has 6 heteroatoms. The molecule has 0 unspecified atom stereocenters. The molecule has 1 aromatic heterocycles. The van der Waals surface area contributed by atoms with Crippen molar-refractivity contribution in [3.63, 3.8) is 0 Å². The summed E-state index contributed by atoms with van der Waals surface area (Å²) in [7, 11) is 0. The lowest BCUT2D eigenvalue weighted by molar-refractivity contribution is 0.0826. The third-order valence-corrected chi connectivity index (χ3v) is 6.95. The first-order valence-electron chi connectivity index (χ1n) is 10.9. The van der Waals surface area contributed by atoms with Crippen LogP contribution in [0.15, 0.2) is 66.0 Å². The Morgan fingerprint density at radius 3 is 2.41 bits per heavy atom. The first kappa shape index (κ1) is 22.2. The summed E-state index contributed by atoms with van der Waals surface area (Å²) in [5.74, 6) is -0.158. The van der Waals surface area contributed by atoms with Gasteiger partial charge in [-0.25, -0.2) is 0 Å². The van der Waals surface area contributed by atoms with Crippen LogP contribution in [-0.2, 0) is 19.5 Å². The summed E-state index contributed by atoms with van der Waals surface area (Å²) in [6.07, 6.45) is 1.04. The molecular weight excluding hydrogens is 418 g/mol. The maximum absolute atomic E-state index is 12.7. The third kappa shape index (κ3) is 5.26. The van der Waals surface area contributed by atoms with Crippen molar-refractivity contribution in [3.05, 3.63) is 93.2 Å². The molecule has 0 aliphatic carbocycles. The fourth-order valence-corrected chi connectivity index (χ4v) is 4.61.